The third-order valence-corrected chi connectivity index (χ3v) is 1.65. The van der Waals surface area contributed by atoms with Gasteiger partial charge in [0.2, 0.25) is 0 Å². The molecule has 1 atom stereocenters. The van der Waals surface area contributed by atoms with Crippen LogP contribution in [0.4, 0.5) is 4.39 Å². The van der Waals surface area contributed by atoms with E-state index in [9.17, 15) is 4.39 Å². The fraction of sp³-hybridized carbons (Fsp3) is 0.400. The van der Waals surface area contributed by atoms with Crippen molar-refractivity contribution < 1.29 is 9.13 Å². The first-order valence-corrected chi connectivity index (χ1v) is 4.24. The van der Waals surface area contributed by atoms with Gasteiger partial charge in [0, 0.05) is 12.1 Å². The number of halogens is 1. The minimum Gasteiger partial charge on any atom is -0.492 e. The van der Waals surface area contributed by atoms with Crippen LogP contribution in [0, 0.1) is 12.7 Å². The van der Waals surface area contributed by atoms with E-state index in [1.54, 1.807) is 6.07 Å². The van der Waals surface area contributed by atoms with Gasteiger partial charge in [-0.15, -0.1) is 0 Å². The van der Waals surface area contributed by atoms with Gasteiger partial charge in [-0.25, -0.2) is 4.39 Å². The first kappa shape index (κ1) is 9.99. The summed E-state index contributed by atoms with van der Waals surface area (Å²) in [6, 6.07) is 4.43. The number of nitrogens with two attached hydrogens (primary N) is 1. The Balaban J connectivity index is 2.70. The lowest BCUT2D eigenvalue weighted by Gasteiger charge is -2.10. The van der Waals surface area contributed by atoms with Crippen molar-refractivity contribution in [3.05, 3.63) is 29.6 Å². The van der Waals surface area contributed by atoms with Crippen LogP contribution in [0.3, 0.4) is 0 Å². The van der Waals surface area contributed by atoms with Crippen LogP contribution in [0.25, 0.3) is 0 Å². The quantitative estimate of drug-likeness (QED) is 0.776. The van der Waals surface area contributed by atoms with Crippen molar-refractivity contribution in [1.82, 2.24) is 0 Å². The second kappa shape index (κ2) is 4.23. The van der Waals surface area contributed by atoms with Gasteiger partial charge in [-0.3, -0.25) is 0 Å². The van der Waals surface area contributed by atoms with Crippen LogP contribution >= 0.6 is 0 Å². The van der Waals surface area contributed by atoms with Crippen molar-refractivity contribution in [2.45, 2.75) is 19.9 Å². The van der Waals surface area contributed by atoms with E-state index in [-0.39, 0.29) is 11.9 Å². The van der Waals surface area contributed by atoms with E-state index in [1.165, 1.54) is 12.1 Å². The van der Waals surface area contributed by atoms with Crippen LogP contribution in [0.1, 0.15) is 12.5 Å². The number of hydrogen-bond acceptors (Lipinski definition) is 2. The summed E-state index contributed by atoms with van der Waals surface area (Å²) in [5.41, 5.74) is 6.43. The van der Waals surface area contributed by atoms with Crippen LogP contribution in [0.5, 0.6) is 5.75 Å². The Hall–Kier alpha value is -1.09. The summed E-state index contributed by atoms with van der Waals surface area (Å²) in [6.45, 7) is 4.12. The molecule has 72 valence electrons. The van der Waals surface area contributed by atoms with E-state index >= 15 is 0 Å². The number of benzene rings is 1. The highest BCUT2D eigenvalue weighted by Crippen LogP contribution is 2.18. The first-order valence-electron chi connectivity index (χ1n) is 4.24. The molecule has 13 heavy (non-hydrogen) atoms. The highest BCUT2D eigenvalue weighted by molar-refractivity contribution is 5.32. The fourth-order valence-electron chi connectivity index (χ4n) is 0.951. The summed E-state index contributed by atoms with van der Waals surface area (Å²) in [5, 5.41) is 0. The maximum atomic E-state index is 12.8. The molecule has 1 rings (SSSR count). The van der Waals surface area contributed by atoms with Crippen LogP contribution in [-0.4, -0.2) is 12.6 Å². The lowest BCUT2D eigenvalue weighted by atomic mass is 10.2. The maximum Gasteiger partial charge on any atom is 0.126 e. The number of hydrogen-bond donors (Lipinski definition) is 1. The smallest absolute Gasteiger partial charge is 0.126 e. The van der Waals surface area contributed by atoms with Gasteiger partial charge >= 0.3 is 0 Å². The zero-order valence-electron chi connectivity index (χ0n) is 7.88. The molecule has 0 aliphatic heterocycles. The van der Waals surface area contributed by atoms with Crippen molar-refractivity contribution in [2.24, 2.45) is 5.73 Å². The third-order valence-electron chi connectivity index (χ3n) is 1.65. The van der Waals surface area contributed by atoms with Crippen LogP contribution < -0.4 is 10.5 Å². The average molecular weight is 183 g/mol. The molecule has 0 aliphatic carbocycles. The molecule has 0 aromatic heterocycles. The standard InChI is InChI=1S/C10H14FNO/c1-7-3-4-9(11)5-10(7)13-6-8(2)12/h3-5,8H,6,12H2,1-2H3/t8-/m1/s1. The minimum atomic E-state index is -0.287. The Kier molecular flexibility index (Phi) is 3.25. The van der Waals surface area contributed by atoms with Gasteiger partial charge < -0.3 is 10.5 Å². The summed E-state index contributed by atoms with van der Waals surface area (Å²) in [5.74, 6) is 0.280. The highest BCUT2D eigenvalue weighted by Gasteiger charge is 2.02. The van der Waals surface area contributed by atoms with E-state index in [1.807, 2.05) is 13.8 Å². The van der Waals surface area contributed by atoms with Crippen molar-refractivity contribution in [3.63, 3.8) is 0 Å². The molecule has 3 heteroatoms. The van der Waals surface area contributed by atoms with Gasteiger partial charge in [-0.05, 0) is 25.5 Å². The van der Waals surface area contributed by atoms with E-state index < -0.39 is 0 Å². The van der Waals surface area contributed by atoms with Crippen molar-refractivity contribution in [2.75, 3.05) is 6.61 Å². The van der Waals surface area contributed by atoms with E-state index in [0.717, 1.165) is 5.56 Å². The first-order chi connectivity index (χ1) is 6.09. The van der Waals surface area contributed by atoms with Crippen molar-refractivity contribution in [1.29, 1.82) is 0 Å². The lowest BCUT2D eigenvalue weighted by molar-refractivity contribution is 0.293. The number of aryl methyl sites for hydroxylation is 1. The summed E-state index contributed by atoms with van der Waals surface area (Å²) in [4.78, 5) is 0. The molecule has 1 aromatic rings. The molecule has 0 amide bonds. The predicted octanol–water partition coefficient (Wildman–Crippen LogP) is 1.86. The Morgan fingerprint density at radius 2 is 2.23 bits per heavy atom. The van der Waals surface area contributed by atoms with Gasteiger partial charge in [-0.1, -0.05) is 6.07 Å². The van der Waals surface area contributed by atoms with Gasteiger partial charge in [0.25, 0.3) is 0 Å². The third kappa shape index (κ3) is 3.03. The number of ether oxygens (including phenoxy) is 1. The summed E-state index contributed by atoms with van der Waals surface area (Å²) >= 11 is 0. The van der Waals surface area contributed by atoms with E-state index in [2.05, 4.69) is 0 Å². The molecule has 0 radical (unpaired) electrons. The largest absolute Gasteiger partial charge is 0.492 e. The summed E-state index contributed by atoms with van der Waals surface area (Å²) < 4.78 is 18.1. The summed E-state index contributed by atoms with van der Waals surface area (Å²) in [6.07, 6.45) is 0. The monoisotopic (exact) mass is 183 g/mol. The molecule has 0 heterocycles. The second-order valence-corrected chi connectivity index (χ2v) is 3.20. The van der Waals surface area contributed by atoms with Crippen molar-refractivity contribution in [3.8, 4) is 5.75 Å². The Morgan fingerprint density at radius 3 is 2.85 bits per heavy atom. The molecule has 0 saturated heterocycles. The van der Waals surface area contributed by atoms with Gasteiger partial charge in [0.05, 0.1) is 0 Å². The molecule has 1 aromatic carbocycles. The topological polar surface area (TPSA) is 35.2 Å². The molecule has 0 saturated carbocycles. The fourth-order valence-corrected chi connectivity index (χ4v) is 0.951. The lowest BCUT2D eigenvalue weighted by Crippen LogP contribution is -2.23. The van der Waals surface area contributed by atoms with Crippen LogP contribution in [0.15, 0.2) is 18.2 Å². The van der Waals surface area contributed by atoms with Crippen molar-refractivity contribution >= 4 is 0 Å². The molecule has 0 spiro atoms. The normalized spacial score (nSPS) is 12.6. The zero-order valence-corrected chi connectivity index (χ0v) is 7.88. The van der Waals surface area contributed by atoms with Crippen LogP contribution in [0.2, 0.25) is 0 Å². The zero-order chi connectivity index (χ0) is 9.84. The van der Waals surface area contributed by atoms with E-state index in [4.69, 9.17) is 10.5 Å². The van der Waals surface area contributed by atoms with Gasteiger partial charge in [0.1, 0.15) is 18.2 Å². The molecule has 2 nitrogen and oxygen atoms in total. The molecule has 0 bridgehead atoms. The molecule has 2 N–H and O–H groups in total. The second-order valence-electron chi connectivity index (χ2n) is 3.20. The Labute approximate surface area is 77.5 Å². The molecule has 0 fully saturated rings. The summed E-state index contributed by atoms with van der Waals surface area (Å²) in [7, 11) is 0. The molecule has 0 unspecified atom stereocenters. The highest BCUT2D eigenvalue weighted by atomic mass is 19.1. The average Bonchev–Trinajstić information content (AvgIpc) is 2.06. The molecular weight excluding hydrogens is 169 g/mol. The Morgan fingerprint density at radius 1 is 1.54 bits per heavy atom. The minimum absolute atomic E-state index is 0.0392. The molecule has 0 aliphatic rings. The predicted molar refractivity (Wildman–Crippen MR) is 50.3 cm³/mol. The number of rotatable bonds is 3. The van der Waals surface area contributed by atoms with Gasteiger partial charge in [-0.2, -0.15) is 0 Å². The maximum absolute atomic E-state index is 12.8. The van der Waals surface area contributed by atoms with E-state index in [0.29, 0.717) is 12.4 Å². The Bertz CT molecular complexity index is 286. The van der Waals surface area contributed by atoms with Gasteiger partial charge in [0.15, 0.2) is 0 Å². The molecular formula is C10H14FNO. The SMILES string of the molecule is Cc1ccc(F)cc1OC[C@@H](C)N. The van der Waals surface area contributed by atoms with Crippen LogP contribution in [-0.2, 0) is 0 Å².